The third-order valence-corrected chi connectivity index (χ3v) is 14.8. The molecule has 0 spiro atoms. The lowest BCUT2D eigenvalue weighted by molar-refractivity contribution is -0.00366. The average Bonchev–Trinajstić information content (AvgIpc) is 3.85. The highest BCUT2D eigenvalue weighted by atomic mass is 35.5. The van der Waals surface area contributed by atoms with E-state index in [4.69, 9.17) is 25.8 Å². The number of fused-ring (bicyclic) bond motifs is 6. The highest BCUT2D eigenvalue weighted by Gasteiger charge is 2.29. The molecule has 6 heterocycles. The number of ether oxygens (including phenoxy) is 3. The van der Waals surface area contributed by atoms with Gasteiger partial charge in [0.1, 0.15) is 33.6 Å². The number of rotatable bonds is 8. The van der Waals surface area contributed by atoms with Crippen LogP contribution in [0.15, 0.2) is 49.1 Å². The molecule has 10 rings (SSSR count). The average molecular weight is 860 g/mol. The lowest BCUT2D eigenvalue weighted by Gasteiger charge is -2.38. The predicted octanol–water partition coefficient (Wildman–Crippen LogP) is 9.89. The van der Waals surface area contributed by atoms with Gasteiger partial charge in [0.15, 0.2) is 0 Å². The van der Waals surface area contributed by atoms with Crippen LogP contribution >= 0.6 is 34.3 Å². The van der Waals surface area contributed by atoms with E-state index < -0.39 is 0 Å². The number of nitrogens with zero attached hydrogens (tertiary/aromatic N) is 6. The summed E-state index contributed by atoms with van der Waals surface area (Å²) in [7, 11) is 0. The number of aryl methyl sites for hydroxylation is 2. The molecule has 0 atom stereocenters. The van der Waals surface area contributed by atoms with Gasteiger partial charge in [-0.2, -0.15) is 0 Å². The van der Waals surface area contributed by atoms with Crippen LogP contribution in [0.4, 0.5) is 0 Å². The summed E-state index contributed by atoms with van der Waals surface area (Å²) < 4.78 is 19.8. The molecule has 4 aromatic heterocycles. The Labute approximate surface area is 361 Å². The van der Waals surface area contributed by atoms with Gasteiger partial charge in [-0.15, -0.1) is 22.7 Å². The van der Waals surface area contributed by atoms with Crippen molar-refractivity contribution in [1.82, 2.24) is 29.7 Å². The predicted molar refractivity (Wildman–Crippen MR) is 243 cm³/mol. The first-order valence-electron chi connectivity index (χ1n) is 21.9. The molecule has 13 heteroatoms. The highest BCUT2D eigenvalue weighted by Crippen LogP contribution is 2.39. The van der Waals surface area contributed by atoms with Crippen molar-refractivity contribution in [3.63, 3.8) is 0 Å². The summed E-state index contributed by atoms with van der Waals surface area (Å²) in [6.45, 7) is 12.3. The minimum atomic E-state index is -0.0303. The number of morpholine rings is 2. The van der Waals surface area contributed by atoms with Crippen molar-refractivity contribution in [2.75, 3.05) is 52.6 Å². The zero-order chi connectivity index (χ0) is 40.6. The van der Waals surface area contributed by atoms with Crippen molar-refractivity contribution in [3.05, 3.63) is 65.3 Å². The van der Waals surface area contributed by atoms with Gasteiger partial charge >= 0.3 is 0 Å². The molecule has 2 aliphatic heterocycles. The number of hydrogen-bond acceptors (Lipinski definition) is 12. The van der Waals surface area contributed by atoms with Gasteiger partial charge in [-0.3, -0.25) is 9.80 Å². The van der Waals surface area contributed by atoms with E-state index in [9.17, 15) is 5.11 Å². The molecule has 2 saturated heterocycles. The lowest BCUT2D eigenvalue weighted by Crippen LogP contribution is -2.46. The Hall–Kier alpha value is -3.07. The van der Waals surface area contributed by atoms with E-state index in [1.807, 2.05) is 0 Å². The molecule has 4 fully saturated rings. The van der Waals surface area contributed by atoms with E-state index in [1.54, 1.807) is 29.0 Å². The molecule has 6 aromatic rings. The Balaban J connectivity index is 0.000000136. The van der Waals surface area contributed by atoms with Gasteiger partial charge in [-0.1, -0.05) is 50.4 Å². The lowest BCUT2D eigenvalue weighted by atomic mass is 9.91. The maximum absolute atomic E-state index is 9.38. The number of halogens is 1. The van der Waals surface area contributed by atoms with Gasteiger partial charge in [0, 0.05) is 58.4 Å². The molecule has 1 N–H and O–H groups in total. The molecule has 0 unspecified atom stereocenters. The summed E-state index contributed by atoms with van der Waals surface area (Å²) in [6.07, 6.45) is 16.8. The molecule has 4 aliphatic rings. The third kappa shape index (κ3) is 10.5. The van der Waals surface area contributed by atoms with E-state index in [0.29, 0.717) is 17.2 Å². The maximum atomic E-state index is 9.38. The first-order valence-corrected chi connectivity index (χ1v) is 23.9. The smallest absolute Gasteiger partial charge is 0.226 e. The number of aromatic nitrogens is 4. The monoisotopic (exact) mass is 858 g/mol. The molecule has 0 bridgehead atoms. The van der Waals surface area contributed by atoms with E-state index in [2.05, 4.69) is 80.0 Å². The van der Waals surface area contributed by atoms with Crippen LogP contribution in [0, 0.1) is 0 Å². The van der Waals surface area contributed by atoms with Crippen LogP contribution in [0.3, 0.4) is 0 Å². The van der Waals surface area contributed by atoms with Gasteiger partial charge < -0.3 is 19.3 Å². The molecule has 0 radical (unpaired) electrons. The molecule has 2 aromatic carbocycles. The number of benzene rings is 2. The van der Waals surface area contributed by atoms with Crippen LogP contribution in [0.5, 0.6) is 5.88 Å². The second-order valence-electron chi connectivity index (χ2n) is 16.4. The Kier molecular flexibility index (Phi) is 14.9. The number of aliphatic hydroxyl groups is 1. The SMILES string of the molecule is CCCc1ccc2sc3ncnc(Cl)c3c2c1.CCCc1ccc2sc3ncnc(OC4CCC(N5CCOCC5)CC4)c3c2c1.OC1CCC(N2CCOCC2)CC1. The molecular formula is C46H59ClN6O4S2. The zero-order valence-electron chi connectivity index (χ0n) is 34.6. The maximum Gasteiger partial charge on any atom is 0.226 e. The van der Waals surface area contributed by atoms with E-state index in [0.717, 1.165) is 130 Å². The minimum Gasteiger partial charge on any atom is -0.474 e. The number of thiophene rings is 2. The van der Waals surface area contributed by atoms with Crippen LogP contribution in [0.1, 0.15) is 89.2 Å². The van der Waals surface area contributed by atoms with E-state index in [-0.39, 0.29) is 12.2 Å². The molecule has 59 heavy (non-hydrogen) atoms. The normalized spacial score (nSPS) is 23.2. The molecule has 0 amide bonds. The second kappa shape index (κ2) is 20.7. The summed E-state index contributed by atoms with van der Waals surface area (Å²) in [5.74, 6) is 0.768. The van der Waals surface area contributed by atoms with Crippen molar-refractivity contribution < 1.29 is 19.3 Å². The molecule has 2 saturated carbocycles. The fraction of sp³-hybridized carbons (Fsp3) is 0.565. The Morgan fingerprint density at radius 2 is 1.15 bits per heavy atom. The third-order valence-electron chi connectivity index (χ3n) is 12.4. The van der Waals surface area contributed by atoms with E-state index >= 15 is 0 Å². The first-order chi connectivity index (χ1) is 29.0. The number of aliphatic hydroxyl groups excluding tert-OH is 1. The first kappa shape index (κ1) is 42.6. The van der Waals surface area contributed by atoms with Crippen LogP contribution in [0.2, 0.25) is 5.15 Å². The molecular weight excluding hydrogens is 800 g/mol. The summed E-state index contributed by atoms with van der Waals surface area (Å²) in [6, 6.07) is 14.7. The van der Waals surface area contributed by atoms with E-state index in [1.165, 1.54) is 63.3 Å². The minimum absolute atomic E-state index is 0.0303. The van der Waals surface area contributed by atoms with Gasteiger partial charge in [-0.05, 0) is 99.6 Å². The highest BCUT2D eigenvalue weighted by molar-refractivity contribution is 7.25. The van der Waals surface area contributed by atoms with Crippen LogP contribution in [0.25, 0.3) is 40.6 Å². The van der Waals surface area contributed by atoms with Crippen molar-refractivity contribution in [2.45, 2.75) is 115 Å². The molecule has 316 valence electrons. The summed E-state index contributed by atoms with van der Waals surface area (Å²) in [5, 5.41) is 14.4. The van der Waals surface area contributed by atoms with Crippen LogP contribution in [-0.4, -0.2) is 112 Å². The van der Waals surface area contributed by atoms with Crippen LogP contribution < -0.4 is 4.74 Å². The largest absolute Gasteiger partial charge is 0.474 e. The standard InChI is InChI=1S/C23H29N3O2S.C13H11ClN2S.C10H19NO2/c1-2-3-16-4-9-20-19(14-16)21-22(24-15-25-23(21)29-20)28-18-7-5-17(6-8-18)26-10-12-27-13-11-26;1-2-3-8-4-5-10-9(6-8)11-12(14)15-7-16-13(11)17-10;12-10-3-1-9(2-4-10)11-5-7-13-8-6-11/h4,9,14-15,17-18H,2-3,5-8,10-13H2,1H3;4-7H,2-3H2,1H3;9-10,12H,1-8H2. The quantitative estimate of drug-likeness (QED) is 0.149. The molecule has 10 nitrogen and oxygen atoms in total. The Morgan fingerprint density at radius 1 is 0.661 bits per heavy atom. The second-order valence-corrected chi connectivity index (χ2v) is 18.8. The Bertz CT molecular complexity index is 2260. The topological polar surface area (TPSA) is 106 Å². The van der Waals surface area contributed by atoms with Gasteiger partial charge in [-0.25, -0.2) is 19.9 Å². The fourth-order valence-corrected chi connectivity index (χ4v) is 11.5. The summed E-state index contributed by atoms with van der Waals surface area (Å²) >= 11 is 9.56. The van der Waals surface area contributed by atoms with Gasteiger partial charge in [0.25, 0.3) is 0 Å². The fourth-order valence-electron chi connectivity index (χ4n) is 9.22. The van der Waals surface area contributed by atoms with Gasteiger partial charge in [0.2, 0.25) is 5.88 Å². The summed E-state index contributed by atoms with van der Waals surface area (Å²) in [4.78, 5) is 24.5. The van der Waals surface area contributed by atoms with Crippen molar-refractivity contribution >= 4 is 74.9 Å². The summed E-state index contributed by atoms with van der Waals surface area (Å²) in [5.41, 5.74) is 2.72. The zero-order valence-corrected chi connectivity index (χ0v) is 37.0. The van der Waals surface area contributed by atoms with Crippen molar-refractivity contribution in [1.29, 1.82) is 0 Å². The molecule has 2 aliphatic carbocycles. The van der Waals surface area contributed by atoms with Crippen molar-refractivity contribution in [3.8, 4) is 5.88 Å². The number of hydrogen-bond donors (Lipinski definition) is 1. The van der Waals surface area contributed by atoms with Crippen molar-refractivity contribution in [2.24, 2.45) is 0 Å². The van der Waals surface area contributed by atoms with Gasteiger partial charge in [0.05, 0.1) is 43.3 Å². The van der Waals surface area contributed by atoms with Crippen LogP contribution in [-0.2, 0) is 22.3 Å². The Morgan fingerprint density at radius 3 is 1.69 bits per heavy atom.